The fraction of sp³-hybridized carbons (Fsp3) is 0.263. The fourth-order valence-corrected chi connectivity index (χ4v) is 2.76. The van der Waals surface area contributed by atoms with Crippen molar-refractivity contribution >= 4 is 44.9 Å². The van der Waals surface area contributed by atoms with Gasteiger partial charge >= 0.3 is 0 Å². The number of benzene rings is 2. The standard InChI is InChI=1S/C19H21BrN2O2S/c1-2-3-4-12-24-17-10-8-14(9-11-17)18(23)22-19(25)21-16-7-5-6-15(20)13-16/h5-11,13H,2-4,12H2,1H3,(H2,21,22,23,25). The third-order valence-corrected chi connectivity index (χ3v) is 4.14. The summed E-state index contributed by atoms with van der Waals surface area (Å²) in [6.07, 6.45) is 3.35. The Morgan fingerprint density at radius 1 is 1.16 bits per heavy atom. The van der Waals surface area contributed by atoms with Crippen LogP contribution in [0.4, 0.5) is 5.69 Å². The van der Waals surface area contributed by atoms with Crippen molar-refractivity contribution in [3.63, 3.8) is 0 Å². The van der Waals surface area contributed by atoms with Gasteiger partial charge in [-0.15, -0.1) is 0 Å². The number of rotatable bonds is 7. The Morgan fingerprint density at radius 2 is 1.92 bits per heavy atom. The van der Waals surface area contributed by atoms with E-state index in [-0.39, 0.29) is 11.0 Å². The molecule has 0 saturated carbocycles. The van der Waals surface area contributed by atoms with Crippen molar-refractivity contribution in [3.05, 3.63) is 58.6 Å². The summed E-state index contributed by atoms with van der Waals surface area (Å²) in [5.41, 5.74) is 1.33. The molecular weight excluding hydrogens is 400 g/mol. The van der Waals surface area contributed by atoms with Crippen molar-refractivity contribution in [2.45, 2.75) is 26.2 Å². The van der Waals surface area contributed by atoms with Crippen LogP contribution in [0.1, 0.15) is 36.5 Å². The minimum atomic E-state index is -0.259. The number of hydrogen-bond acceptors (Lipinski definition) is 3. The number of halogens is 1. The lowest BCUT2D eigenvalue weighted by atomic mass is 10.2. The lowest BCUT2D eigenvalue weighted by molar-refractivity contribution is 0.0977. The number of hydrogen-bond donors (Lipinski definition) is 2. The van der Waals surface area contributed by atoms with Crippen molar-refractivity contribution in [1.29, 1.82) is 0 Å². The number of thiocarbonyl (C=S) groups is 1. The van der Waals surface area contributed by atoms with E-state index < -0.39 is 0 Å². The highest BCUT2D eigenvalue weighted by molar-refractivity contribution is 9.10. The zero-order chi connectivity index (χ0) is 18.1. The van der Waals surface area contributed by atoms with Gasteiger partial charge in [0.1, 0.15) is 5.75 Å². The minimum absolute atomic E-state index is 0.253. The molecule has 2 rings (SSSR count). The van der Waals surface area contributed by atoms with Gasteiger partial charge in [-0.25, -0.2) is 0 Å². The maximum absolute atomic E-state index is 12.2. The van der Waals surface area contributed by atoms with E-state index in [9.17, 15) is 4.79 Å². The summed E-state index contributed by atoms with van der Waals surface area (Å²) >= 11 is 8.57. The first-order valence-electron chi connectivity index (χ1n) is 8.19. The van der Waals surface area contributed by atoms with Gasteiger partial charge in [0.2, 0.25) is 0 Å². The average molecular weight is 421 g/mol. The Kier molecular flexibility index (Phi) is 7.88. The van der Waals surface area contributed by atoms with Crippen molar-refractivity contribution in [2.24, 2.45) is 0 Å². The monoisotopic (exact) mass is 420 g/mol. The molecule has 0 fully saturated rings. The zero-order valence-corrected chi connectivity index (χ0v) is 16.5. The molecule has 2 aromatic carbocycles. The molecule has 25 heavy (non-hydrogen) atoms. The van der Waals surface area contributed by atoms with E-state index in [1.54, 1.807) is 24.3 Å². The third-order valence-electron chi connectivity index (χ3n) is 3.44. The third kappa shape index (κ3) is 6.84. The van der Waals surface area contributed by atoms with Gasteiger partial charge in [0.25, 0.3) is 5.91 Å². The lowest BCUT2D eigenvalue weighted by Crippen LogP contribution is -2.34. The van der Waals surface area contributed by atoms with E-state index in [1.807, 2.05) is 24.3 Å². The predicted octanol–water partition coefficient (Wildman–Crippen LogP) is 5.14. The number of amides is 1. The maximum atomic E-state index is 12.2. The Bertz CT molecular complexity index is 720. The number of carbonyl (C=O) groups excluding carboxylic acids is 1. The van der Waals surface area contributed by atoms with E-state index in [1.165, 1.54) is 0 Å². The van der Waals surface area contributed by atoms with E-state index in [2.05, 4.69) is 33.5 Å². The Morgan fingerprint density at radius 3 is 2.60 bits per heavy atom. The summed E-state index contributed by atoms with van der Waals surface area (Å²) in [6.45, 7) is 2.85. The molecule has 0 unspecified atom stereocenters. The fourth-order valence-electron chi connectivity index (χ4n) is 2.15. The highest BCUT2D eigenvalue weighted by Gasteiger charge is 2.08. The number of nitrogens with one attached hydrogen (secondary N) is 2. The molecule has 0 radical (unpaired) electrons. The molecule has 0 heterocycles. The Hall–Kier alpha value is -1.92. The molecule has 0 aromatic heterocycles. The largest absolute Gasteiger partial charge is 0.494 e. The summed E-state index contributed by atoms with van der Waals surface area (Å²) in [4.78, 5) is 12.2. The first-order chi connectivity index (χ1) is 12.1. The quantitative estimate of drug-likeness (QED) is 0.480. The summed E-state index contributed by atoms with van der Waals surface area (Å²) in [7, 11) is 0. The second-order valence-corrected chi connectivity index (χ2v) is 6.82. The number of anilines is 1. The van der Waals surface area contributed by atoms with Crippen LogP contribution in [0.25, 0.3) is 0 Å². The van der Waals surface area contributed by atoms with Crippen LogP contribution in [0, 0.1) is 0 Å². The Balaban J connectivity index is 1.84. The molecule has 0 aliphatic rings. The number of unbranched alkanes of at least 4 members (excludes halogenated alkanes) is 2. The van der Waals surface area contributed by atoms with Gasteiger partial charge in [-0.1, -0.05) is 41.8 Å². The highest BCUT2D eigenvalue weighted by Crippen LogP contribution is 2.16. The van der Waals surface area contributed by atoms with Crippen molar-refractivity contribution in [2.75, 3.05) is 11.9 Å². The molecule has 1 amide bonds. The smallest absolute Gasteiger partial charge is 0.257 e. The molecule has 0 atom stereocenters. The summed E-state index contributed by atoms with van der Waals surface area (Å²) in [5, 5.41) is 5.90. The van der Waals surface area contributed by atoms with Crippen molar-refractivity contribution in [3.8, 4) is 5.75 Å². The summed E-state index contributed by atoms with van der Waals surface area (Å²) in [6, 6.07) is 14.6. The second-order valence-electron chi connectivity index (χ2n) is 5.50. The molecule has 4 nitrogen and oxygen atoms in total. The first-order valence-corrected chi connectivity index (χ1v) is 9.39. The lowest BCUT2D eigenvalue weighted by Gasteiger charge is -2.10. The first kappa shape index (κ1) is 19.4. The highest BCUT2D eigenvalue weighted by atomic mass is 79.9. The normalized spacial score (nSPS) is 10.2. The molecule has 6 heteroatoms. The van der Waals surface area contributed by atoms with Gasteiger partial charge in [0, 0.05) is 15.7 Å². The van der Waals surface area contributed by atoms with Gasteiger partial charge < -0.3 is 10.1 Å². The van der Waals surface area contributed by atoms with Gasteiger partial charge in [-0.2, -0.15) is 0 Å². The van der Waals surface area contributed by atoms with Crippen LogP contribution in [0.5, 0.6) is 5.75 Å². The van der Waals surface area contributed by atoms with E-state index in [0.29, 0.717) is 12.2 Å². The average Bonchev–Trinajstić information content (AvgIpc) is 2.59. The SMILES string of the molecule is CCCCCOc1ccc(C(=O)NC(=S)Nc2cccc(Br)c2)cc1. The van der Waals surface area contributed by atoms with Gasteiger partial charge in [0.05, 0.1) is 6.61 Å². The molecule has 0 bridgehead atoms. The van der Waals surface area contributed by atoms with Gasteiger partial charge in [-0.05, 0) is 61.1 Å². The van der Waals surface area contributed by atoms with Crippen LogP contribution in [0.2, 0.25) is 0 Å². The van der Waals surface area contributed by atoms with E-state index >= 15 is 0 Å². The molecule has 0 spiro atoms. The molecule has 2 aromatic rings. The van der Waals surface area contributed by atoms with E-state index in [0.717, 1.165) is 35.2 Å². The minimum Gasteiger partial charge on any atom is -0.494 e. The molecule has 0 saturated heterocycles. The molecular formula is C19H21BrN2O2S. The topological polar surface area (TPSA) is 50.4 Å². The van der Waals surface area contributed by atoms with Crippen LogP contribution in [0.15, 0.2) is 53.0 Å². The number of carbonyl (C=O) groups is 1. The molecule has 0 aliphatic heterocycles. The van der Waals surface area contributed by atoms with Crippen LogP contribution in [-0.2, 0) is 0 Å². The second kappa shape index (κ2) is 10.2. The maximum Gasteiger partial charge on any atom is 0.257 e. The Labute approximate surface area is 162 Å². The van der Waals surface area contributed by atoms with Crippen LogP contribution in [-0.4, -0.2) is 17.6 Å². The molecule has 2 N–H and O–H groups in total. The number of ether oxygens (including phenoxy) is 1. The van der Waals surface area contributed by atoms with Crippen LogP contribution >= 0.6 is 28.1 Å². The summed E-state index contributed by atoms with van der Waals surface area (Å²) < 4.78 is 6.57. The summed E-state index contributed by atoms with van der Waals surface area (Å²) in [5.74, 6) is 0.507. The predicted molar refractivity (Wildman–Crippen MR) is 109 cm³/mol. The molecule has 132 valence electrons. The molecule has 0 aliphatic carbocycles. The van der Waals surface area contributed by atoms with Crippen molar-refractivity contribution < 1.29 is 9.53 Å². The van der Waals surface area contributed by atoms with E-state index in [4.69, 9.17) is 17.0 Å². The van der Waals surface area contributed by atoms with Gasteiger partial charge in [0.15, 0.2) is 5.11 Å². The zero-order valence-electron chi connectivity index (χ0n) is 14.0. The van der Waals surface area contributed by atoms with Gasteiger partial charge in [-0.3, -0.25) is 10.1 Å². The van der Waals surface area contributed by atoms with Crippen LogP contribution in [0.3, 0.4) is 0 Å². The van der Waals surface area contributed by atoms with Crippen molar-refractivity contribution in [1.82, 2.24) is 5.32 Å². The van der Waals surface area contributed by atoms with Crippen LogP contribution < -0.4 is 15.4 Å².